The molecule has 0 aliphatic heterocycles. The number of nitrogens with one attached hydrogen (secondary N) is 1. The van der Waals surface area contributed by atoms with E-state index in [1.165, 1.54) is 33.3 Å². The second-order valence-electron chi connectivity index (χ2n) is 5.08. The Morgan fingerprint density at radius 1 is 1.08 bits per heavy atom. The summed E-state index contributed by atoms with van der Waals surface area (Å²) >= 11 is 0. The molecule has 6 nitrogen and oxygen atoms in total. The van der Waals surface area contributed by atoms with Gasteiger partial charge in [0.05, 0.1) is 25.5 Å². The lowest BCUT2D eigenvalue weighted by Gasteiger charge is -2.15. The molecule has 1 amide bonds. The molecule has 2 aromatic rings. The van der Waals surface area contributed by atoms with Gasteiger partial charge in [-0.05, 0) is 31.2 Å². The monoisotopic (exact) mass is 347 g/mol. The largest absolute Gasteiger partial charge is 0.497 e. The Bertz CT molecular complexity index is 778. The van der Waals surface area contributed by atoms with Crippen LogP contribution in [0.15, 0.2) is 42.5 Å². The molecule has 0 unspecified atom stereocenters. The Morgan fingerprint density at radius 2 is 1.80 bits per heavy atom. The maximum atomic E-state index is 13.9. The molecule has 7 heteroatoms. The summed E-state index contributed by atoms with van der Waals surface area (Å²) in [6, 6.07) is 10.5. The smallest absolute Gasteiger partial charge is 0.341 e. The molecule has 132 valence electrons. The maximum absolute atomic E-state index is 13.9. The highest BCUT2D eigenvalue weighted by atomic mass is 19.1. The minimum Gasteiger partial charge on any atom is -0.497 e. The van der Waals surface area contributed by atoms with Crippen LogP contribution in [0.4, 0.5) is 10.1 Å². The number of amides is 1. The van der Waals surface area contributed by atoms with Gasteiger partial charge in [0.15, 0.2) is 6.10 Å². The lowest BCUT2D eigenvalue weighted by molar-refractivity contribution is -0.123. The van der Waals surface area contributed by atoms with Gasteiger partial charge in [-0.15, -0.1) is 0 Å². The van der Waals surface area contributed by atoms with Gasteiger partial charge in [-0.2, -0.15) is 0 Å². The summed E-state index contributed by atoms with van der Waals surface area (Å²) in [7, 11) is 2.86. The molecule has 2 rings (SSSR count). The van der Waals surface area contributed by atoms with Crippen molar-refractivity contribution in [2.45, 2.75) is 13.0 Å². The van der Waals surface area contributed by atoms with E-state index in [1.807, 2.05) is 0 Å². The molecule has 0 aliphatic rings. The molecular formula is C18H18FNO5. The van der Waals surface area contributed by atoms with E-state index >= 15 is 0 Å². The first-order chi connectivity index (χ1) is 12.0. The van der Waals surface area contributed by atoms with E-state index in [-0.39, 0.29) is 11.3 Å². The number of carbonyl (C=O) groups is 2. The predicted octanol–water partition coefficient (Wildman–Crippen LogP) is 3.03. The van der Waals surface area contributed by atoms with Gasteiger partial charge in [-0.1, -0.05) is 12.1 Å². The van der Waals surface area contributed by atoms with Crippen molar-refractivity contribution in [3.05, 3.63) is 53.8 Å². The summed E-state index contributed by atoms with van der Waals surface area (Å²) in [4.78, 5) is 24.2. The fourth-order valence-corrected chi connectivity index (χ4v) is 2.05. The van der Waals surface area contributed by atoms with E-state index in [2.05, 4.69) is 5.32 Å². The first-order valence-corrected chi connectivity index (χ1v) is 7.44. The lowest BCUT2D eigenvalue weighted by atomic mass is 10.2. The zero-order valence-electron chi connectivity index (χ0n) is 14.0. The van der Waals surface area contributed by atoms with Crippen LogP contribution in [-0.2, 0) is 9.53 Å². The van der Waals surface area contributed by atoms with Crippen LogP contribution in [0.5, 0.6) is 11.5 Å². The third-order valence-corrected chi connectivity index (χ3v) is 3.41. The molecular weight excluding hydrogens is 329 g/mol. The quantitative estimate of drug-likeness (QED) is 0.813. The standard InChI is InChI=1S/C18H18FNO5/c1-11(17(21)20-15-6-4-5-7-16(15)24-3)25-18(22)13-9-8-12(23-2)10-14(13)19/h4-11H,1-3H3,(H,20,21)/t11-/m1/s1. The molecule has 0 fully saturated rings. The van der Waals surface area contributed by atoms with Gasteiger partial charge in [0, 0.05) is 6.07 Å². The minimum atomic E-state index is -1.13. The zero-order valence-corrected chi connectivity index (χ0v) is 14.0. The number of ether oxygens (including phenoxy) is 3. The van der Waals surface area contributed by atoms with Crippen molar-refractivity contribution in [1.82, 2.24) is 0 Å². The van der Waals surface area contributed by atoms with Crippen molar-refractivity contribution >= 4 is 17.6 Å². The van der Waals surface area contributed by atoms with Crippen molar-refractivity contribution in [1.29, 1.82) is 0 Å². The normalized spacial score (nSPS) is 11.4. The number of esters is 1. The van der Waals surface area contributed by atoms with Crippen molar-refractivity contribution in [3.63, 3.8) is 0 Å². The molecule has 25 heavy (non-hydrogen) atoms. The second-order valence-corrected chi connectivity index (χ2v) is 5.08. The molecule has 0 saturated heterocycles. The Hall–Kier alpha value is -3.09. The average Bonchev–Trinajstić information content (AvgIpc) is 2.61. The summed E-state index contributed by atoms with van der Waals surface area (Å²) in [6.07, 6.45) is -1.13. The van der Waals surface area contributed by atoms with Crippen molar-refractivity contribution in [2.75, 3.05) is 19.5 Å². The molecule has 2 aromatic carbocycles. The highest BCUT2D eigenvalue weighted by Crippen LogP contribution is 2.23. The minimum absolute atomic E-state index is 0.274. The number of halogens is 1. The topological polar surface area (TPSA) is 73.9 Å². The molecule has 1 atom stereocenters. The Labute approximate surface area is 144 Å². The van der Waals surface area contributed by atoms with Gasteiger partial charge in [0.25, 0.3) is 5.91 Å². The van der Waals surface area contributed by atoms with E-state index in [0.29, 0.717) is 11.4 Å². The van der Waals surface area contributed by atoms with Gasteiger partial charge in [0.1, 0.15) is 17.3 Å². The third-order valence-electron chi connectivity index (χ3n) is 3.41. The van der Waals surface area contributed by atoms with Crippen LogP contribution < -0.4 is 14.8 Å². The molecule has 0 heterocycles. The maximum Gasteiger partial charge on any atom is 0.341 e. The molecule has 0 saturated carbocycles. The van der Waals surface area contributed by atoms with Crippen LogP contribution in [0.25, 0.3) is 0 Å². The van der Waals surface area contributed by atoms with Crippen LogP contribution >= 0.6 is 0 Å². The lowest BCUT2D eigenvalue weighted by Crippen LogP contribution is -2.30. The molecule has 0 aliphatic carbocycles. The fourth-order valence-electron chi connectivity index (χ4n) is 2.05. The van der Waals surface area contributed by atoms with Crippen LogP contribution in [0.3, 0.4) is 0 Å². The second kappa shape index (κ2) is 8.14. The molecule has 0 spiro atoms. The van der Waals surface area contributed by atoms with Gasteiger partial charge in [-0.3, -0.25) is 4.79 Å². The molecule has 0 aromatic heterocycles. The number of rotatable bonds is 6. The van der Waals surface area contributed by atoms with Crippen LogP contribution in [0.2, 0.25) is 0 Å². The van der Waals surface area contributed by atoms with Gasteiger partial charge in [-0.25, -0.2) is 9.18 Å². The van der Waals surface area contributed by atoms with Crippen molar-refractivity contribution in [3.8, 4) is 11.5 Å². The Morgan fingerprint density at radius 3 is 2.44 bits per heavy atom. The van der Waals surface area contributed by atoms with Gasteiger partial charge in [0.2, 0.25) is 0 Å². The molecule has 1 N–H and O–H groups in total. The van der Waals surface area contributed by atoms with E-state index in [1.54, 1.807) is 24.3 Å². The highest BCUT2D eigenvalue weighted by molar-refractivity contribution is 5.98. The van der Waals surface area contributed by atoms with E-state index in [9.17, 15) is 14.0 Å². The molecule has 0 bridgehead atoms. The number of anilines is 1. The number of para-hydroxylation sites is 2. The fraction of sp³-hybridized carbons (Fsp3) is 0.222. The Balaban J connectivity index is 2.04. The van der Waals surface area contributed by atoms with E-state index in [4.69, 9.17) is 14.2 Å². The van der Waals surface area contributed by atoms with Crippen LogP contribution in [0, 0.1) is 5.82 Å². The first-order valence-electron chi connectivity index (χ1n) is 7.44. The van der Waals surface area contributed by atoms with E-state index < -0.39 is 23.8 Å². The highest BCUT2D eigenvalue weighted by Gasteiger charge is 2.22. The van der Waals surface area contributed by atoms with Crippen LogP contribution in [0.1, 0.15) is 17.3 Å². The third kappa shape index (κ3) is 4.47. The zero-order chi connectivity index (χ0) is 18.4. The average molecular weight is 347 g/mol. The number of methoxy groups -OCH3 is 2. The summed E-state index contributed by atoms with van der Waals surface area (Å²) in [5, 5.41) is 2.60. The van der Waals surface area contributed by atoms with Gasteiger partial charge >= 0.3 is 5.97 Å². The molecule has 0 radical (unpaired) electrons. The number of hydrogen-bond acceptors (Lipinski definition) is 5. The summed E-state index contributed by atoms with van der Waals surface area (Å²) in [6.45, 7) is 1.39. The SMILES string of the molecule is COc1ccc(C(=O)O[C@H](C)C(=O)Nc2ccccc2OC)c(F)c1. The Kier molecular flexibility index (Phi) is 5.94. The first kappa shape index (κ1) is 18.3. The van der Waals surface area contributed by atoms with Crippen LogP contribution in [-0.4, -0.2) is 32.2 Å². The number of benzene rings is 2. The number of hydrogen-bond donors (Lipinski definition) is 1. The van der Waals surface area contributed by atoms with Gasteiger partial charge < -0.3 is 19.5 Å². The van der Waals surface area contributed by atoms with E-state index in [0.717, 1.165) is 6.07 Å². The van der Waals surface area contributed by atoms with Crippen molar-refractivity contribution in [2.24, 2.45) is 0 Å². The number of carbonyl (C=O) groups excluding carboxylic acids is 2. The van der Waals surface area contributed by atoms with Crippen molar-refractivity contribution < 1.29 is 28.2 Å². The summed E-state index contributed by atoms with van der Waals surface area (Å²) in [5.74, 6) is -1.55. The summed E-state index contributed by atoms with van der Waals surface area (Å²) in [5.41, 5.74) is 0.159. The predicted molar refractivity (Wildman–Crippen MR) is 89.5 cm³/mol. The summed E-state index contributed by atoms with van der Waals surface area (Å²) < 4.78 is 28.9.